The van der Waals surface area contributed by atoms with Gasteiger partial charge in [-0.2, -0.15) is 0 Å². The fourth-order valence-electron chi connectivity index (χ4n) is 8.39. The molecular formula is C42H54N4O6. The molecule has 0 aliphatic carbocycles. The number of aliphatic carboxylic acids is 3. The molecule has 278 valence electrons. The van der Waals surface area contributed by atoms with Crippen LogP contribution in [0.5, 0.6) is 0 Å². The number of nitrogens with one attached hydrogen (secondary N) is 3. The minimum Gasteiger partial charge on any atom is -0.481 e. The number of carboxylic acid groups (broad SMARTS) is 3. The third-order valence-electron chi connectivity index (χ3n) is 11.2. The van der Waals surface area contributed by atoms with Crippen molar-refractivity contribution in [1.29, 1.82) is 0 Å². The van der Waals surface area contributed by atoms with Crippen LogP contribution in [-0.4, -0.2) is 77.4 Å². The van der Waals surface area contributed by atoms with Crippen LogP contribution in [-0.2, 0) is 53.2 Å². The van der Waals surface area contributed by atoms with Gasteiger partial charge in [0.25, 0.3) is 0 Å². The fourth-order valence-corrected chi connectivity index (χ4v) is 8.39. The van der Waals surface area contributed by atoms with Crippen LogP contribution in [0.1, 0.15) is 55.4 Å². The van der Waals surface area contributed by atoms with Crippen LogP contribution in [0.15, 0.2) is 72.8 Å². The molecular weight excluding hydrogens is 656 g/mol. The number of rotatable bonds is 18. The van der Waals surface area contributed by atoms with Crippen LogP contribution >= 0.6 is 0 Å². The molecule has 3 aromatic rings. The highest BCUT2D eigenvalue weighted by Crippen LogP contribution is 2.28. The number of nitrogens with zero attached hydrogens (tertiary/aromatic N) is 1. The second-order valence-corrected chi connectivity index (χ2v) is 15.0. The van der Waals surface area contributed by atoms with E-state index in [1.54, 1.807) is 18.2 Å². The van der Waals surface area contributed by atoms with E-state index in [1.807, 2.05) is 42.5 Å². The summed E-state index contributed by atoms with van der Waals surface area (Å²) in [5.41, 5.74) is 5.14. The van der Waals surface area contributed by atoms with Crippen molar-refractivity contribution in [2.75, 3.05) is 39.3 Å². The van der Waals surface area contributed by atoms with Gasteiger partial charge in [0.05, 0.1) is 17.8 Å². The first-order valence-electron chi connectivity index (χ1n) is 19.8. The Labute approximate surface area is 309 Å². The molecule has 3 aliphatic rings. The summed E-state index contributed by atoms with van der Waals surface area (Å²) in [4.78, 5) is 39.3. The molecule has 3 aromatic carbocycles. The summed E-state index contributed by atoms with van der Waals surface area (Å²) in [6, 6.07) is 23.3. The van der Waals surface area contributed by atoms with Crippen LogP contribution in [0.3, 0.4) is 0 Å². The topological polar surface area (TPSA) is 151 Å². The fraction of sp³-hybridized carbons (Fsp3) is 0.500. The molecule has 3 fully saturated rings. The normalized spacial score (nSPS) is 22.8. The van der Waals surface area contributed by atoms with Crippen molar-refractivity contribution in [3.8, 4) is 0 Å². The van der Waals surface area contributed by atoms with Crippen LogP contribution < -0.4 is 16.0 Å². The van der Waals surface area contributed by atoms with Crippen molar-refractivity contribution < 1.29 is 32.4 Å². The summed E-state index contributed by atoms with van der Waals surface area (Å²) in [5, 5.41) is 40.1. The van der Waals surface area contributed by atoms with Crippen molar-refractivity contribution in [1.82, 2.24) is 20.9 Å². The lowest BCUT2D eigenvalue weighted by Crippen LogP contribution is -2.28. The summed E-state index contributed by atoms with van der Waals surface area (Å²) >= 11 is 0. The third kappa shape index (κ3) is 10.3. The summed E-state index contributed by atoms with van der Waals surface area (Å²) < 4.78 is 18.1. The van der Waals surface area contributed by atoms with Gasteiger partial charge in [0.2, 0.25) is 0 Å². The van der Waals surface area contributed by atoms with E-state index >= 15 is 0 Å². The summed E-state index contributed by atoms with van der Waals surface area (Å²) in [5.74, 6) is -4.98. The van der Waals surface area contributed by atoms with Gasteiger partial charge < -0.3 is 31.3 Å². The SMILES string of the molecule is [2H]C([2H])(c1cccc(CN(Cc2cccc(CC(C(=O)O)C3CCNC3)c2)Cc2cccc(CC(C(=O)O)C3CCNC3)c2)c1)C(C(=O)O)C1CCNC1. The summed E-state index contributed by atoms with van der Waals surface area (Å²) in [7, 11) is 0. The van der Waals surface area contributed by atoms with Crippen LogP contribution in [0.4, 0.5) is 0 Å². The van der Waals surface area contributed by atoms with Gasteiger partial charge in [-0.25, -0.2) is 0 Å². The van der Waals surface area contributed by atoms with E-state index in [9.17, 15) is 29.7 Å². The lowest BCUT2D eigenvalue weighted by molar-refractivity contribution is -0.144. The molecule has 6 atom stereocenters. The summed E-state index contributed by atoms with van der Waals surface area (Å²) in [6.07, 6.45) is 1.09. The van der Waals surface area contributed by atoms with Crippen LogP contribution in [0, 0.1) is 35.5 Å². The van der Waals surface area contributed by atoms with E-state index < -0.39 is 42.0 Å². The van der Waals surface area contributed by atoms with Gasteiger partial charge in [-0.15, -0.1) is 0 Å². The first-order chi connectivity index (χ1) is 26.0. The lowest BCUT2D eigenvalue weighted by atomic mass is 9.85. The molecule has 10 heteroatoms. The molecule has 0 radical (unpaired) electrons. The van der Waals surface area contributed by atoms with Crippen molar-refractivity contribution in [2.45, 2.75) is 58.1 Å². The maximum absolute atomic E-state index is 12.4. The Morgan fingerprint density at radius 3 is 1.29 bits per heavy atom. The third-order valence-corrected chi connectivity index (χ3v) is 11.2. The predicted molar refractivity (Wildman–Crippen MR) is 200 cm³/mol. The molecule has 10 nitrogen and oxygen atoms in total. The van der Waals surface area contributed by atoms with E-state index in [1.165, 1.54) is 0 Å². The van der Waals surface area contributed by atoms with Gasteiger partial charge in [0.15, 0.2) is 0 Å². The molecule has 0 bridgehead atoms. The number of hydrogen-bond donors (Lipinski definition) is 6. The van der Waals surface area contributed by atoms with Crippen molar-refractivity contribution in [3.63, 3.8) is 0 Å². The van der Waals surface area contributed by atoms with Crippen molar-refractivity contribution in [2.24, 2.45) is 35.5 Å². The molecule has 3 heterocycles. The smallest absolute Gasteiger partial charge is 0.307 e. The maximum atomic E-state index is 12.4. The Morgan fingerprint density at radius 1 is 0.577 bits per heavy atom. The Bertz CT molecular complexity index is 1670. The highest BCUT2D eigenvalue weighted by molar-refractivity contribution is 5.72. The molecule has 6 unspecified atom stereocenters. The molecule has 3 aliphatic heterocycles. The number of benzene rings is 3. The molecule has 6 N–H and O–H groups in total. The molecule has 0 aromatic heterocycles. The first kappa shape index (κ1) is 35.0. The van der Waals surface area contributed by atoms with E-state index in [-0.39, 0.29) is 17.8 Å². The molecule has 6 rings (SSSR count). The van der Waals surface area contributed by atoms with E-state index in [4.69, 9.17) is 2.74 Å². The Hall–Kier alpha value is -4.09. The zero-order chi connectivity index (χ0) is 38.2. The van der Waals surface area contributed by atoms with Gasteiger partial charge >= 0.3 is 17.9 Å². The Kier molecular flexibility index (Phi) is 12.2. The van der Waals surface area contributed by atoms with Crippen LogP contribution in [0.25, 0.3) is 0 Å². The van der Waals surface area contributed by atoms with Crippen molar-refractivity contribution in [3.05, 3.63) is 106 Å². The molecule has 3 saturated heterocycles. The minimum atomic E-state index is -2.09. The highest BCUT2D eigenvalue weighted by atomic mass is 16.4. The lowest BCUT2D eigenvalue weighted by Gasteiger charge is -2.25. The molecule has 0 amide bonds. The Balaban J connectivity index is 1.26. The zero-order valence-corrected chi connectivity index (χ0v) is 29.8. The van der Waals surface area contributed by atoms with Gasteiger partial charge in [0.1, 0.15) is 0 Å². The number of carbonyl (C=O) groups is 3. The van der Waals surface area contributed by atoms with Gasteiger partial charge in [-0.3, -0.25) is 19.3 Å². The average Bonchev–Trinajstić information content (AvgIpc) is 3.95. The van der Waals surface area contributed by atoms with Gasteiger partial charge in [-0.05, 0) is 129 Å². The monoisotopic (exact) mass is 712 g/mol. The second-order valence-electron chi connectivity index (χ2n) is 15.0. The number of carboxylic acids is 3. The molecule has 0 saturated carbocycles. The second kappa shape index (κ2) is 18.1. The van der Waals surface area contributed by atoms with Gasteiger partial charge in [-0.1, -0.05) is 72.8 Å². The zero-order valence-electron chi connectivity index (χ0n) is 31.8. The maximum Gasteiger partial charge on any atom is 0.307 e. The van der Waals surface area contributed by atoms with E-state index in [2.05, 4.69) is 33.0 Å². The van der Waals surface area contributed by atoms with Crippen molar-refractivity contribution >= 4 is 17.9 Å². The predicted octanol–water partition coefficient (Wildman–Crippen LogP) is 4.45. The number of hydrogen-bond acceptors (Lipinski definition) is 7. The average molecular weight is 713 g/mol. The molecule has 0 spiro atoms. The quantitative estimate of drug-likeness (QED) is 0.112. The standard InChI is InChI=1S/C42H54N4O6/c47-40(48)37(34-10-13-43-22-34)19-28-4-1-7-31(16-28)25-46(26-32-8-2-5-29(17-32)20-38(41(49)50)35-11-14-44-23-35)27-33-9-3-6-30(18-33)21-39(42(51)52)36-12-15-45-24-36/h1-9,16-18,34-39,43-45H,10-15,19-27H2,(H,47,48)(H,49,50)(H,51,52)/i19D2. The van der Waals surface area contributed by atoms with Crippen LogP contribution in [0.2, 0.25) is 0 Å². The molecule has 52 heavy (non-hydrogen) atoms. The summed E-state index contributed by atoms with van der Waals surface area (Å²) in [6.45, 7) is 5.70. The van der Waals surface area contributed by atoms with E-state index in [0.717, 1.165) is 53.7 Å². The largest absolute Gasteiger partial charge is 0.481 e. The highest BCUT2D eigenvalue weighted by Gasteiger charge is 2.33. The van der Waals surface area contributed by atoms with E-state index in [0.29, 0.717) is 70.6 Å². The minimum absolute atomic E-state index is 0.0831. The first-order valence-corrected chi connectivity index (χ1v) is 18.8. The van der Waals surface area contributed by atoms with Gasteiger partial charge in [0, 0.05) is 22.4 Å². The Morgan fingerprint density at radius 2 is 0.923 bits per heavy atom.